The van der Waals surface area contributed by atoms with E-state index in [0.717, 1.165) is 12.8 Å². The van der Waals surface area contributed by atoms with Crippen LogP contribution in [0.5, 0.6) is 0 Å². The van der Waals surface area contributed by atoms with E-state index in [2.05, 4.69) is 5.32 Å². The maximum absolute atomic E-state index is 14.0. The highest BCUT2D eigenvalue weighted by molar-refractivity contribution is 7.91. The summed E-state index contributed by atoms with van der Waals surface area (Å²) in [5.41, 5.74) is 0.623. The molecule has 1 unspecified atom stereocenters. The molecule has 1 aromatic rings. The molecule has 1 saturated carbocycles. The number of hydrogen-bond donors (Lipinski definition) is 1. The van der Waals surface area contributed by atoms with E-state index in [1.54, 1.807) is 12.1 Å². The van der Waals surface area contributed by atoms with Crippen LogP contribution in [0, 0.1) is 5.82 Å². The van der Waals surface area contributed by atoms with E-state index in [4.69, 9.17) is 0 Å². The van der Waals surface area contributed by atoms with E-state index in [9.17, 15) is 12.8 Å². The van der Waals surface area contributed by atoms with Gasteiger partial charge in [0.1, 0.15) is 15.7 Å². The summed E-state index contributed by atoms with van der Waals surface area (Å²) in [5, 5.41) is 3.39. The normalized spacial score (nSPS) is 16.9. The van der Waals surface area contributed by atoms with Crippen LogP contribution in [0.25, 0.3) is 0 Å². The van der Waals surface area contributed by atoms with Crippen molar-refractivity contribution in [3.8, 4) is 0 Å². The van der Waals surface area contributed by atoms with E-state index in [1.165, 1.54) is 6.07 Å². The van der Waals surface area contributed by atoms with Crippen LogP contribution in [0.4, 0.5) is 4.39 Å². The first-order valence-electron chi connectivity index (χ1n) is 7.70. The van der Waals surface area contributed by atoms with E-state index < -0.39 is 9.84 Å². The molecule has 3 nitrogen and oxygen atoms in total. The standard InChI is InChI=1S/C16H24FNO2S/c1-2-10-21(19,20)11-9-13(12-18-14-7-8-14)15-5-3-4-6-16(15)17/h3-6,13-14,18H,2,7-12H2,1H3. The van der Waals surface area contributed by atoms with E-state index in [-0.39, 0.29) is 23.2 Å². The molecular formula is C16H24FNO2S. The van der Waals surface area contributed by atoms with Crippen molar-refractivity contribution in [2.45, 2.75) is 44.6 Å². The average Bonchev–Trinajstić information content (AvgIpc) is 3.24. The second-order valence-electron chi connectivity index (χ2n) is 5.84. The molecule has 0 spiro atoms. The van der Waals surface area contributed by atoms with Crippen LogP contribution < -0.4 is 5.32 Å². The van der Waals surface area contributed by atoms with Crippen LogP contribution in [0.2, 0.25) is 0 Å². The molecule has 0 bridgehead atoms. The van der Waals surface area contributed by atoms with Gasteiger partial charge in [0.15, 0.2) is 0 Å². The molecule has 1 aliphatic carbocycles. The van der Waals surface area contributed by atoms with Gasteiger partial charge in [-0.15, -0.1) is 0 Å². The first kappa shape index (κ1) is 16.4. The van der Waals surface area contributed by atoms with Crippen LogP contribution in [0.15, 0.2) is 24.3 Å². The molecule has 0 saturated heterocycles. The third kappa shape index (κ3) is 5.40. The molecule has 1 fully saturated rings. The van der Waals surface area contributed by atoms with Gasteiger partial charge in [-0.05, 0) is 37.3 Å². The van der Waals surface area contributed by atoms with Crippen LogP contribution >= 0.6 is 0 Å². The first-order valence-corrected chi connectivity index (χ1v) is 9.52. The SMILES string of the molecule is CCCS(=O)(=O)CCC(CNC1CC1)c1ccccc1F. The summed E-state index contributed by atoms with van der Waals surface area (Å²) in [5.74, 6) is 0.0191. The van der Waals surface area contributed by atoms with Gasteiger partial charge in [0.05, 0.1) is 5.75 Å². The Bertz CT molecular complexity index is 555. The summed E-state index contributed by atoms with van der Waals surface area (Å²) in [6, 6.07) is 7.22. The van der Waals surface area contributed by atoms with Crippen molar-refractivity contribution < 1.29 is 12.8 Å². The lowest BCUT2D eigenvalue weighted by Crippen LogP contribution is -2.26. The van der Waals surface area contributed by atoms with E-state index >= 15 is 0 Å². The third-order valence-electron chi connectivity index (χ3n) is 3.87. The summed E-state index contributed by atoms with van der Waals surface area (Å²) >= 11 is 0. The molecule has 0 radical (unpaired) electrons. The van der Waals surface area contributed by atoms with Crippen LogP contribution in [-0.2, 0) is 9.84 Å². The van der Waals surface area contributed by atoms with E-state index in [0.29, 0.717) is 31.0 Å². The maximum Gasteiger partial charge on any atom is 0.150 e. The molecule has 21 heavy (non-hydrogen) atoms. The Morgan fingerprint density at radius 1 is 1.29 bits per heavy atom. The predicted octanol–water partition coefficient (Wildman–Crippen LogP) is 2.88. The minimum Gasteiger partial charge on any atom is -0.313 e. The van der Waals surface area contributed by atoms with Crippen molar-refractivity contribution in [3.63, 3.8) is 0 Å². The first-order chi connectivity index (χ1) is 10.0. The summed E-state index contributed by atoms with van der Waals surface area (Å²) in [6.07, 6.45) is 3.44. The van der Waals surface area contributed by atoms with Crippen molar-refractivity contribution in [1.29, 1.82) is 0 Å². The van der Waals surface area contributed by atoms with Crippen molar-refractivity contribution in [1.82, 2.24) is 5.32 Å². The summed E-state index contributed by atoms with van der Waals surface area (Å²) in [7, 11) is -3.02. The Morgan fingerprint density at radius 2 is 2.00 bits per heavy atom. The third-order valence-corrected chi connectivity index (χ3v) is 5.76. The van der Waals surface area contributed by atoms with Gasteiger partial charge in [-0.2, -0.15) is 0 Å². The largest absolute Gasteiger partial charge is 0.313 e. The Kier molecular flexibility index (Phi) is 5.76. The van der Waals surface area contributed by atoms with Gasteiger partial charge in [-0.25, -0.2) is 12.8 Å². The van der Waals surface area contributed by atoms with Gasteiger partial charge in [-0.1, -0.05) is 25.1 Å². The highest BCUT2D eigenvalue weighted by atomic mass is 32.2. The van der Waals surface area contributed by atoms with Crippen molar-refractivity contribution in [3.05, 3.63) is 35.6 Å². The summed E-state index contributed by atoms with van der Waals surface area (Å²) < 4.78 is 37.7. The summed E-state index contributed by atoms with van der Waals surface area (Å²) in [4.78, 5) is 0. The molecule has 2 rings (SSSR count). The number of halogens is 1. The number of hydrogen-bond acceptors (Lipinski definition) is 3. The number of rotatable bonds is 9. The highest BCUT2D eigenvalue weighted by Gasteiger charge is 2.24. The Labute approximate surface area is 126 Å². The molecule has 1 aliphatic rings. The van der Waals surface area contributed by atoms with Crippen LogP contribution in [0.3, 0.4) is 0 Å². The quantitative estimate of drug-likeness (QED) is 0.762. The number of sulfone groups is 1. The monoisotopic (exact) mass is 313 g/mol. The number of nitrogens with one attached hydrogen (secondary N) is 1. The van der Waals surface area contributed by atoms with Gasteiger partial charge in [-0.3, -0.25) is 0 Å². The van der Waals surface area contributed by atoms with Gasteiger partial charge in [0.25, 0.3) is 0 Å². The molecule has 0 aliphatic heterocycles. The molecule has 0 heterocycles. The zero-order valence-electron chi connectivity index (χ0n) is 12.5. The van der Waals surface area contributed by atoms with Gasteiger partial charge in [0, 0.05) is 24.3 Å². The lowest BCUT2D eigenvalue weighted by molar-refractivity contribution is 0.523. The van der Waals surface area contributed by atoms with Crippen molar-refractivity contribution in [2.75, 3.05) is 18.1 Å². The molecule has 1 aromatic carbocycles. The lowest BCUT2D eigenvalue weighted by Gasteiger charge is -2.19. The number of benzene rings is 1. The topological polar surface area (TPSA) is 46.2 Å². The second-order valence-corrected chi connectivity index (χ2v) is 8.15. The van der Waals surface area contributed by atoms with E-state index in [1.807, 2.05) is 13.0 Å². The van der Waals surface area contributed by atoms with Crippen LogP contribution in [-0.4, -0.2) is 32.5 Å². The molecule has 118 valence electrons. The molecule has 0 aromatic heterocycles. The summed E-state index contributed by atoms with van der Waals surface area (Å²) in [6.45, 7) is 2.51. The van der Waals surface area contributed by atoms with Gasteiger partial charge < -0.3 is 5.32 Å². The van der Waals surface area contributed by atoms with Crippen LogP contribution in [0.1, 0.15) is 44.1 Å². The Morgan fingerprint density at radius 3 is 2.62 bits per heavy atom. The average molecular weight is 313 g/mol. The molecular weight excluding hydrogens is 289 g/mol. The van der Waals surface area contributed by atoms with Gasteiger partial charge >= 0.3 is 0 Å². The zero-order chi connectivity index (χ0) is 15.3. The minimum absolute atomic E-state index is 0.0848. The zero-order valence-corrected chi connectivity index (χ0v) is 13.3. The Balaban J connectivity index is 2.03. The molecule has 0 amide bonds. The predicted molar refractivity (Wildman–Crippen MR) is 83.7 cm³/mol. The molecule has 1 N–H and O–H groups in total. The fraction of sp³-hybridized carbons (Fsp3) is 0.625. The van der Waals surface area contributed by atoms with Crippen molar-refractivity contribution >= 4 is 9.84 Å². The Hall–Kier alpha value is -0.940. The minimum atomic E-state index is -3.02. The fourth-order valence-electron chi connectivity index (χ4n) is 2.50. The second kappa shape index (κ2) is 7.36. The smallest absolute Gasteiger partial charge is 0.150 e. The lowest BCUT2D eigenvalue weighted by atomic mass is 9.96. The molecule has 1 atom stereocenters. The highest BCUT2D eigenvalue weighted by Crippen LogP contribution is 2.25. The van der Waals surface area contributed by atoms with Gasteiger partial charge in [0.2, 0.25) is 0 Å². The fourth-order valence-corrected chi connectivity index (χ4v) is 3.97. The van der Waals surface area contributed by atoms with Crippen molar-refractivity contribution in [2.24, 2.45) is 0 Å². The maximum atomic E-state index is 14.0. The molecule has 5 heteroatoms.